The number of fused-ring (bicyclic) bond motifs is 4. The molecule has 0 saturated carbocycles. The van der Waals surface area contributed by atoms with Gasteiger partial charge in [0.2, 0.25) is 5.79 Å². The van der Waals surface area contributed by atoms with Crippen LogP contribution in [0.1, 0.15) is 127 Å². The van der Waals surface area contributed by atoms with Gasteiger partial charge in [-0.2, -0.15) is 0 Å². The molecule has 6 aromatic carbocycles. The zero-order chi connectivity index (χ0) is 43.6. The maximum absolute atomic E-state index is 7.61. The van der Waals surface area contributed by atoms with E-state index in [-0.39, 0.29) is 0 Å². The Hall–Kier alpha value is -5.48. The normalized spacial score (nSPS) is 15.6. The average molecular weight is 851 g/mol. The minimum atomic E-state index is -1.03. The molecule has 0 atom stereocenters. The number of para-hydroxylation sites is 2. The van der Waals surface area contributed by atoms with Gasteiger partial charge in [-0.15, -0.1) is 0 Å². The third-order valence-electron chi connectivity index (χ3n) is 14.3. The maximum Gasteiger partial charge on any atom is 0.245 e. The molecule has 0 aromatic heterocycles. The molecule has 0 unspecified atom stereocenters. The molecule has 4 heteroatoms. The third-order valence-corrected chi connectivity index (χ3v) is 14.3. The Morgan fingerprint density at radius 2 is 0.922 bits per heavy atom. The van der Waals surface area contributed by atoms with E-state index in [4.69, 9.17) is 18.9 Å². The molecule has 0 fully saturated rings. The lowest BCUT2D eigenvalue weighted by molar-refractivity contribution is -0.0799. The number of aryl methyl sites for hydroxylation is 6. The van der Waals surface area contributed by atoms with Crippen molar-refractivity contribution in [3.63, 3.8) is 0 Å². The molecule has 330 valence electrons. The van der Waals surface area contributed by atoms with E-state index in [1.807, 2.05) is 30.3 Å². The monoisotopic (exact) mass is 850 g/mol. The van der Waals surface area contributed by atoms with E-state index in [1.165, 1.54) is 120 Å². The predicted molar refractivity (Wildman–Crippen MR) is 263 cm³/mol. The molecule has 0 N–H and O–H groups in total. The summed E-state index contributed by atoms with van der Waals surface area (Å²) in [5.41, 5.74) is 22.1. The van der Waals surface area contributed by atoms with E-state index in [1.54, 1.807) is 22.3 Å². The molecule has 6 aromatic rings. The van der Waals surface area contributed by atoms with Gasteiger partial charge in [0.25, 0.3) is 0 Å². The van der Waals surface area contributed by atoms with E-state index in [2.05, 4.69) is 94.4 Å². The van der Waals surface area contributed by atoms with Crippen LogP contribution in [-0.2, 0) is 51.4 Å². The second-order valence-corrected chi connectivity index (χ2v) is 19.5. The molecule has 0 heterocycles. The van der Waals surface area contributed by atoms with Crippen LogP contribution in [0.5, 0.6) is 23.0 Å². The first-order valence-electron chi connectivity index (χ1n) is 24.7. The Bertz CT molecular complexity index is 2580. The van der Waals surface area contributed by atoms with Crippen molar-refractivity contribution in [2.75, 3.05) is 13.2 Å². The molecule has 10 rings (SSSR count). The number of hydrogen-bond donors (Lipinski definition) is 0. The number of hydrogen-bond acceptors (Lipinski definition) is 4. The molecule has 0 spiro atoms. The second kappa shape index (κ2) is 18.6. The highest BCUT2D eigenvalue weighted by Crippen LogP contribution is 2.50. The highest BCUT2D eigenvalue weighted by atomic mass is 16.7. The summed E-state index contributed by atoms with van der Waals surface area (Å²) in [7, 11) is 0. The highest BCUT2D eigenvalue weighted by Gasteiger charge is 2.33. The summed E-state index contributed by atoms with van der Waals surface area (Å²) in [6.07, 6.45) is 19.8. The maximum atomic E-state index is 7.61. The molecule has 0 aliphatic heterocycles. The van der Waals surface area contributed by atoms with Gasteiger partial charge in [0.05, 0.1) is 13.2 Å². The van der Waals surface area contributed by atoms with Crippen LogP contribution < -0.4 is 18.9 Å². The topological polar surface area (TPSA) is 36.9 Å². The van der Waals surface area contributed by atoms with Crippen LogP contribution in [-0.4, -0.2) is 19.0 Å². The summed E-state index contributed by atoms with van der Waals surface area (Å²) in [4.78, 5) is 0. The molecule has 0 bridgehead atoms. The lowest BCUT2D eigenvalue weighted by atomic mass is 9.76. The van der Waals surface area contributed by atoms with Crippen molar-refractivity contribution in [1.29, 1.82) is 0 Å². The SMILES string of the molecule is Cc1ccc(OC(C)(C)Oc2c(-c3ccccc3OCCCOc3ccccc3)cc(C)cc2-c2c3c(cc4c2CCCC4)CCCC3)c(-c2c3c(cc4c2CCCC4)CCCC3)c1. The van der Waals surface area contributed by atoms with Gasteiger partial charge >= 0.3 is 0 Å². The number of benzene rings is 6. The van der Waals surface area contributed by atoms with Crippen molar-refractivity contribution in [3.8, 4) is 56.4 Å². The van der Waals surface area contributed by atoms with Crippen LogP contribution >= 0.6 is 0 Å². The summed E-state index contributed by atoms with van der Waals surface area (Å²) >= 11 is 0. The van der Waals surface area contributed by atoms with Crippen LogP contribution in [0.15, 0.2) is 97.1 Å². The van der Waals surface area contributed by atoms with Gasteiger partial charge in [-0.3, -0.25) is 0 Å². The first kappa shape index (κ1) is 42.5. The van der Waals surface area contributed by atoms with Crippen LogP contribution in [0.3, 0.4) is 0 Å². The van der Waals surface area contributed by atoms with E-state index in [0.717, 1.165) is 79.1 Å². The van der Waals surface area contributed by atoms with E-state index in [0.29, 0.717) is 13.2 Å². The average Bonchev–Trinajstić information content (AvgIpc) is 3.31. The van der Waals surface area contributed by atoms with E-state index >= 15 is 0 Å². The standard InChI is InChI=1S/C60H66O4/c1-40-31-32-56(53(35-40)57-47-25-12-8-19-42(47)38-43-20-9-13-26-48(43)57)63-60(3,4)64-59-52(51-29-16-17-30-55(51)62-34-18-33-61-46-23-6-5-7-24-46)36-41(2)37-54(59)58-49-27-14-10-21-44(49)39-45-22-11-15-28-50(45)58/h5-7,16-17,23-24,29-32,35-39H,8-15,18-22,25-28,33-34H2,1-4H3. The predicted octanol–water partition coefficient (Wildman–Crippen LogP) is 14.9. The Morgan fingerprint density at radius 1 is 0.422 bits per heavy atom. The fraction of sp³-hybridized carbons (Fsp3) is 0.400. The molecule has 0 saturated heterocycles. The molecular formula is C60H66O4. The number of rotatable bonds is 13. The molecular weight excluding hydrogens is 785 g/mol. The zero-order valence-electron chi connectivity index (χ0n) is 38.8. The minimum absolute atomic E-state index is 0.538. The van der Waals surface area contributed by atoms with E-state index < -0.39 is 5.79 Å². The van der Waals surface area contributed by atoms with Crippen molar-refractivity contribution in [3.05, 3.63) is 153 Å². The van der Waals surface area contributed by atoms with Crippen LogP contribution in [0.4, 0.5) is 0 Å². The molecule has 0 radical (unpaired) electrons. The fourth-order valence-electron chi connectivity index (χ4n) is 11.4. The highest BCUT2D eigenvalue weighted by molar-refractivity contribution is 5.89. The Labute approximate surface area is 382 Å². The largest absolute Gasteiger partial charge is 0.493 e. The second-order valence-electron chi connectivity index (χ2n) is 19.5. The summed E-state index contributed by atoms with van der Waals surface area (Å²) < 4.78 is 27.7. The third kappa shape index (κ3) is 8.82. The quantitative estimate of drug-likeness (QED) is 0.0857. The van der Waals surface area contributed by atoms with Crippen molar-refractivity contribution >= 4 is 0 Å². The Balaban J connectivity index is 1.08. The van der Waals surface area contributed by atoms with Crippen LogP contribution in [0.25, 0.3) is 33.4 Å². The molecule has 4 nitrogen and oxygen atoms in total. The van der Waals surface area contributed by atoms with Gasteiger partial charge < -0.3 is 18.9 Å². The van der Waals surface area contributed by atoms with Crippen LogP contribution in [0, 0.1) is 13.8 Å². The first-order chi connectivity index (χ1) is 31.3. The van der Waals surface area contributed by atoms with Crippen molar-refractivity contribution in [1.82, 2.24) is 0 Å². The minimum Gasteiger partial charge on any atom is -0.493 e. The number of ether oxygens (including phenoxy) is 4. The van der Waals surface area contributed by atoms with Gasteiger partial charge in [0.1, 0.15) is 23.0 Å². The van der Waals surface area contributed by atoms with Gasteiger partial charge in [-0.25, -0.2) is 0 Å². The van der Waals surface area contributed by atoms with Crippen molar-refractivity contribution in [2.24, 2.45) is 0 Å². The molecule has 4 aliphatic rings. The zero-order valence-corrected chi connectivity index (χ0v) is 38.8. The summed E-state index contributed by atoms with van der Waals surface area (Å²) in [6.45, 7) is 9.82. The lowest BCUT2D eigenvalue weighted by Gasteiger charge is -2.34. The van der Waals surface area contributed by atoms with Gasteiger partial charge in [-0.05, 0) is 220 Å². The van der Waals surface area contributed by atoms with Crippen LogP contribution in [0.2, 0.25) is 0 Å². The first-order valence-corrected chi connectivity index (χ1v) is 24.7. The Morgan fingerprint density at radius 3 is 1.53 bits per heavy atom. The lowest BCUT2D eigenvalue weighted by Crippen LogP contribution is -2.36. The molecule has 64 heavy (non-hydrogen) atoms. The van der Waals surface area contributed by atoms with Gasteiger partial charge in [0.15, 0.2) is 0 Å². The summed E-state index contributed by atoms with van der Waals surface area (Å²) in [6, 6.07) is 35.2. The van der Waals surface area contributed by atoms with Gasteiger partial charge in [0, 0.05) is 42.5 Å². The smallest absolute Gasteiger partial charge is 0.245 e. The molecule has 4 aliphatic carbocycles. The molecule has 0 amide bonds. The summed E-state index contributed by atoms with van der Waals surface area (Å²) in [5.74, 6) is 2.46. The van der Waals surface area contributed by atoms with Gasteiger partial charge in [-0.1, -0.05) is 60.2 Å². The van der Waals surface area contributed by atoms with E-state index in [9.17, 15) is 0 Å². The fourth-order valence-corrected chi connectivity index (χ4v) is 11.4. The summed E-state index contributed by atoms with van der Waals surface area (Å²) in [5, 5.41) is 0. The Kier molecular flexibility index (Phi) is 12.3. The van der Waals surface area contributed by atoms with Crippen molar-refractivity contribution in [2.45, 2.75) is 143 Å². The van der Waals surface area contributed by atoms with Crippen molar-refractivity contribution < 1.29 is 18.9 Å².